The van der Waals surface area contributed by atoms with Crippen LogP contribution in [0.4, 0.5) is 10.5 Å². The van der Waals surface area contributed by atoms with Crippen LogP contribution in [0, 0.1) is 0 Å². The highest BCUT2D eigenvalue weighted by Crippen LogP contribution is 2.22. The van der Waals surface area contributed by atoms with Crippen molar-refractivity contribution in [2.24, 2.45) is 0 Å². The van der Waals surface area contributed by atoms with E-state index in [9.17, 15) is 9.59 Å². The molecular formula is C17H23N3O3. The number of hydrogen-bond donors (Lipinski definition) is 2. The van der Waals surface area contributed by atoms with Gasteiger partial charge in [-0.25, -0.2) is 4.79 Å². The SMILES string of the molecule is CC(=O)N1CCc2ccc(NC(=O)NC[C@H]3CCCO3)cc2C1. The molecule has 0 unspecified atom stereocenters. The Hall–Kier alpha value is -2.08. The van der Waals surface area contributed by atoms with Crippen molar-refractivity contribution in [2.75, 3.05) is 25.0 Å². The molecule has 1 saturated heterocycles. The van der Waals surface area contributed by atoms with Gasteiger partial charge < -0.3 is 20.3 Å². The first-order chi connectivity index (χ1) is 11.1. The molecule has 1 aromatic carbocycles. The second-order valence-corrected chi connectivity index (χ2v) is 6.14. The second kappa shape index (κ2) is 7.00. The van der Waals surface area contributed by atoms with Crippen molar-refractivity contribution >= 4 is 17.6 Å². The Morgan fingerprint density at radius 2 is 2.22 bits per heavy atom. The maximum absolute atomic E-state index is 12.0. The molecule has 23 heavy (non-hydrogen) atoms. The molecule has 0 spiro atoms. The van der Waals surface area contributed by atoms with Crippen LogP contribution in [-0.2, 0) is 22.5 Å². The number of nitrogens with one attached hydrogen (secondary N) is 2. The lowest BCUT2D eigenvalue weighted by Crippen LogP contribution is -2.35. The largest absolute Gasteiger partial charge is 0.376 e. The number of amides is 3. The van der Waals surface area contributed by atoms with Crippen LogP contribution in [0.15, 0.2) is 18.2 Å². The molecule has 2 N–H and O–H groups in total. The average molecular weight is 317 g/mol. The highest BCUT2D eigenvalue weighted by molar-refractivity contribution is 5.89. The molecule has 1 atom stereocenters. The van der Waals surface area contributed by atoms with E-state index in [-0.39, 0.29) is 18.0 Å². The van der Waals surface area contributed by atoms with Crippen LogP contribution in [-0.4, -0.2) is 42.6 Å². The van der Waals surface area contributed by atoms with Gasteiger partial charge in [-0.15, -0.1) is 0 Å². The Balaban J connectivity index is 1.57. The van der Waals surface area contributed by atoms with E-state index in [2.05, 4.69) is 10.6 Å². The predicted octanol–water partition coefficient (Wildman–Crippen LogP) is 1.89. The van der Waals surface area contributed by atoms with E-state index in [1.54, 1.807) is 6.92 Å². The smallest absolute Gasteiger partial charge is 0.319 e. The lowest BCUT2D eigenvalue weighted by Gasteiger charge is -2.28. The number of carbonyl (C=O) groups is 2. The van der Waals surface area contributed by atoms with Gasteiger partial charge in [0, 0.05) is 38.9 Å². The van der Waals surface area contributed by atoms with E-state index in [0.29, 0.717) is 13.1 Å². The molecule has 2 aliphatic rings. The molecule has 1 fully saturated rings. The van der Waals surface area contributed by atoms with Crippen LogP contribution in [0.5, 0.6) is 0 Å². The Labute approximate surface area is 136 Å². The molecule has 124 valence electrons. The first kappa shape index (κ1) is 15.8. The van der Waals surface area contributed by atoms with E-state index < -0.39 is 0 Å². The van der Waals surface area contributed by atoms with Gasteiger partial charge in [-0.1, -0.05) is 6.07 Å². The second-order valence-electron chi connectivity index (χ2n) is 6.14. The van der Waals surface area contributed by atoms with Crippen LogP contribution < -0.4 is 10.6 Å². The molecule has 0 aromatic heterocycles. The highest BCUT2D eigenvalue weighted by atomic mass is 16.5. The number of nitrogens with zero attached hydrogens (tertiary/aromatic N) is 1. The Morgan fingerprint density at radius 1 is 1.35 bits per heavy atom. The first-order valence-corrected chi connectivity index (χ1v) is 8.15. The van der Waals surface area contributed by atoms with Crippen molar-refractivity contribution < 1.29 is 14.3 Å². The van der Waals surface area contributed by atoms with Crippen molar-refractivity contribution in [1.82, 2.24) is 10.2 Å². The van der Waals surface area contributed by atoms with Crippen molar-refractivity contribution in [3.8, 4) is 0 Å². The molecule has 2 heterocycles. The van der Waals surface area contributed by atoms with Crippen molar-refractivity contribution in [1.29, 1.82) is 0 Å². The zero-order valence-corrected chi connectivity index (χ0v) is 13.4. The minimum Gasteiger partial charge on any atom is -0.376 e. The zero-order chi connectivity index (χ0) is 16.2. The molecule has 3 rings (SSSR count). The van der Waals surface area contributed by atoms with Crippen molar-refractivity contribution in [3.05, 3.63) is 29.3 Å². The van der Waals surface area contributed by atoms with Gasteiger partial charge >= 0.3 is 6.03 Å². The third-order valence-electron chi connectivity index (χ3n) is 4.44. The molecule has 6 heteroatoms. The van der Waals surface area contributed by atoms with Crippen molar-refractivity contribution in [2.45, 2.75) is 38.8 Å². The summed E-state index contributed by atoms with van der Waals surface area (Å²) in [6.45, 7) is 4.28. The fraction of sp³-hybridized carbons (Fsp3) is 0.529. The van der Waals surface area contributed by atoms with Gasteiger partial charge in [0.05, 0.1) is 6.10 Å². The van der Waals surface area contributed by atoms with E-state index in [4.69, 9.17) is 4.74 Å². The van der Waals surface area contributed by atoms with Gasteiger partial charge in [0.2, 0.25) is 5.91 Å². The van der Waals surface area contributed by atoms with E-state index >= 15 is 0 Å². The summed E-state index contributed by atoms with van der Waals surface area (Å²) < 4.78 is 5.48. The minimum absolute atomic E-state index is 0.0864. The van der Waals surface area contributed by atoms with Crippen LogP contribution >= 0.6 is 0 Å². The number of hydrogen-bond acceptors (Lipinski definition) is 3. The predicted molar refractivity (Wildman–Crippen MR) is 87.2 cm³/mol. The quantitative estimate of drug-likeness (QED) is 0.894. The molecule has 0 saturated carbocycles. The van der Waals surface area contributed by atoms with Gasteiger partial charge in [-0.2, -0.15) is 0 Å². The standard InChI is InChI=1S/C17H23N3O3/c1-12(21)20-7-6-13-4-5-15(9-14(13)11-20)19-17(22)18-10-16-3-2-8-23-16/h4-5,9,16H,2-3,6-8,10-11H2,1H3,(H2,18,19,22)/t16-/m1/s1. The van der Waals surface area contributed by atoms with Crippen LogP contribution in [0.3, 0.4) is 0 Å². The average Bonchev–Trinajstić information content (AvgIpc) is 3.05. The zero-order valence-electron chi connectivity index (χ0n) is 13.4. The molecule has 2 aliphatic heterocycles. The summed E-state index contributed by atoms with van der Waals surface area (Å²) in [6.07, 6.45) is 3.06. The maximum Gasteiger partial charge on any atom is 0.319 e. The normalized spacial score (nSPS) is 20.0. The maximum atomic E-state index is 12.0. The van der Waals surface area contributed by atoms with E-state index in [1.165, 1.54) is 5.56 Å². The summed E-state index contributed by atoms with van der Waals surface area (Å²) in [6, 6.07) is 5.67. The number of urea groups is 1. The number of rotatable bonds is 3. The molecule has 0 aliphatic carbocycles. The fourth-order valence-corrected chi connectivity index (χ4v) is 3.09. The van der Waals surface area contributed by atoms with Gasteiger partial charge in [-0.3, -0.25) is 4.79 Å². The molecular weight excluding hydrogens is 294 g/mol. The summed E-state index contributed by atoms with van der Waals surface area (Å²) >= 11 is 0. The number of ether oxygens (including phenoxy) is 1. The van der Waals surface area contributed by atoms with Gasteiger partial charge in [0.15, 0.2) is 0 Å². The summed E-state index contributed by atoms with van der Waals surface area (Å²) in [5.41, 5.74) is 3.09. The molecule has 0 radical (unpaired) electrons. The van der Waals surface area contributed by atoms with Crippen LogP contribution in [0.25, 0.3) is 0 Å². The summed E-state index contributed by atoms with van der Waals surface area (Å²) in [5.74, 6) is 0.0864. The molecule has 0 bridgehead atoms. The number of fused-ring (bicyclic) bond motifs is 1. The topological polar surface area (TPSA) is 70.7 Å². The summed E-state index contributed by atoms with van der Waals surface area (Å²) in [5, 5.41) is 5.69. The Bertz CT molecular complexity index is 597. The number of benzene rings is 1. The van der Waals surface area contributed by atoms with Crippen LogP contribution in [0.1, 0.15) is 30.9 Å². The molecule has 3 amide bonds. The Morgan fingerprint density at radius 3 is 2.96 bits per heavy atom. The van der Waals surface area contributed by atoms with Gasteiger partial charge in [0.1, 0.15) is 0 Å². The van der Waals surface area contributed by atoms with Gasteiger partial charge in [0.25, 0.3) is 0 Å². The highest BCUT2D eigenvalue weighted by Gasteiger charge is 2.19. The third-order valence-corrected chi connectivity index (χ3v) is 4.44. The van der Waals surface area contributed by atoms with E-state index in [1.807, 2.05) is 23.1 Å². The molecule has 6 nitrogen and oxygen atoms in total. The van der Waals surface area contributed by atoms with Crippen LogP contribution in [0.2, 0.25) is 0 Å². The lowest BCUT2D eigenvalue weighted by molar-refractivity contribution is -0.129. The third kappa shape index (κ3) is 4.01. The monoisotopic (exact) mass is 317 g/mol. The van der Waals surface area contributed by atoms with Crippen molar-refractivity contribution in [3.63, 3.8) is 0 Å². The van der Waals surface area contributed by atoms with E-state index in [0.717, 1.165) is 43.7 Å². The summed E-state index contributed by atoms with van der Waals surface area (Å²) in [4.78, 5) is 25.3. The number of anilines is 1. The molecule has 1 aromatic rings. The fourth-order valence-electron chi connectivity index (χ4n) is 3.09. The lowest BCUT2D eigenvalue weighted by atomic mass is 9.99. The minimum atomic E-state index is -0.223. The Kier molecular flexibility index (Phi) is 4.81. The van der Waals surface area contributed by atoms with Gasteiger partial charge in [-0.05, 0) is 42.5 Å². The summed E-state index contributed by atoms with van der Waals surface area (Å²) in [7, 11) is 0. The number of carbonyl (C=O) groups excluding carboxylic acids is 2. The first-order valence-electron chi connectivity index (χ1n) is 8.15.